The van der Waals surface area contributed by atoms with Gasteiger partial charge in [0.05, 0.1) is 27.8 Å². The predicted molar refractivity (Wildman–Crippen MR) is 178 cm³/mol. The first-order chi connectivity index (χ1) is 20.7. The third-order valence-corrected chi connectivity index (χ3v) is 8.33. The Hall–Kier alpha value is -3.22. The first-order valence-electron chi connectivity index (χ1n) is 14.0. The number of carbonyl (C=O) groups excluding carboxylic acids is 3. The number of halogens is 3. The Morgan fingerprint density at radius 3 is 2.32 bits per heavy atom. The van der Waals surface area contributed by atoms with Crippen molar-refractivity contribution in [1.82, 2.24) is 4.90 Å². The lowest BCUT2D eigenvalue weighted by Gasteiger charge is -2.35. The molecule has 44 heavy (non-hydrogen) atoms. The van der Waals surface area contributed by atoms with E-state index in [2.05, 4.69) is 22.6 Å². The molecule has 1 aliphatic heterocycles. The van der Waals surface area contributed by atoms with E-state index in [-0.39, 0.29) is 46.7 Å². The van der Waals surface area contributed by atoms with Gasteiger partial charge in [-0.15, -0.1) is 0 Å². The first-order valence-corrected chi connectivity index (χ1v) is 15.9. The zero-order valence-corrected chi connectivity index (χ0v) is 28.4. The molecule has 2 amide bonds. The summed E-state index contributed by atoms with van der Waals surface area (Å²) in [4.78, 5) is 55.9. The van der Waals surface area contributed by atoms with Gasteiger partial charge in [-0.25, -0.2) is 0 Å². The highest BCUT2D eigenvalue weighted by atomic mass is 127. The van der Waals surface area contributed by atoms with E-state index in [1.165, 1.54) is 23.1 Å². The fraction of sp³-hybridized carbons (Fsp3) is 0.344. The topological polar surface area (TPSA) is 110 Å². The van der Waals surface area contributed by atoms with E-state index in [1.807, 2.05) is 6.07 Å². The average molecular weight is 752 g/mol. The van der Waals surface area contributed by atoms with Crippen LogP contribution in [0.2, 0.25) is 10.0 Å². The normalized spacial score (nSPS) is 15.9. The maximum Gasteiger partial charge on any atom is 0.306 e. The number of carbonyl (C=O) groups is 3. The first kappa shape index (κ1) is 33.7. The van der Waals surface area contributed by atoms with Gasteiger partial charge in [-0.1, -0.05) is 35.3 Å². The summed E-state index contributed by atoms with van der Waals surface area (Å²) < 4.78 is 6.20. The number of nitro groups is 1. The standard InChI is InChI=1S/C32H32Cl2IN3O6/c1-19(24-14-12-22(34)17-27(24)38(42)43)37-29(20-8-10-21(33)11-9-20)31(41)36(16-6-5-7-28(39)44-32(2,3)4)26-15-13-23(35)18-25(26)30(37)40/h8-15,17-19,29H,5-7,16H2,1-4H3. The van der Waals surface area contributed by atoms with Crippen LogP contribution >= 0.6 is 45.8 Å². The van der Waals surface area contributed by atoms with Gasteiger partial charge in [0.15, 0.2) is 0 Å². The maximum absolute atomic E-state index is 14.6. The van der Waals surface area contributed by atoms with Crippen LogP contribution in [-0.2, 0) is 14.3 Å². The van der Waals surface area contributed by atoms with E-state index in [9.17, 15) is 24.5 Å². The number of benzene rings is 3. The van der Waals surface area contributed by atoms with Crippen LogP contribution in [0.15, 0.2) is 60.7 Å². The summed E-state index contributed by atoms with van der Waals surface area (Å²) >= 11 is 14.4. The molecular weight excluding hydrogens is 720 g/mol. The SMILES string of the molecule is CC(c1ccc(Cl)cc1[N+](=O)[O-])N1C(=O)c2cc(I)ccc2N(CCCCC(=O)OC(C)(C)C)C(=O)C1c1ccc(Cl)cc1. The minimum atomic E-state index is -1.14. The molecule has 0 N–H and O–H groups in total. The van der Waals surface area contributed by atoms with Crippen molar-refractivity contribution in [2.75, 3.05) is 11.4 Å². The Kier molecular flexibility index (Phi) is 10.6. The van der Waals surface area contributed by atoms with Crippen molar-refractivity contribution >= 4 is 75.0 Å². The minimum absolute atomic E-state index is 0.178. The summed E-state index contributed by atoms with van der Waals surface area (Å²) in [5.74, 6) is -1.17. The van der Waals surface area contributed by atoms with Crippen molar-refractivity contribution in [3.63, 3.8) is 0 Å². The number of amides is 2. The van der Waals surface area contributed by atoms with E-state index in [0.29, 0.717) is 29.1 Å². The van der Waals surface area contributed by atoms with Gasteiger partial charge < -0.3 is 14.5 Å². The Balaban J connectivity index is 1.80. The third-order valence-electron chi connectivity index (χ3n) is 7.17. The van der Waals surface area contributed by atoms with Crippen molar-refractivity contribution in [3.05, 3.63) is 101 Å². The number of rotatable bonds is 9. The molecule has 0 bridgehead atoms. The molecule has 1 heterocycles. The molecule has 3 aromatic carbocycles. The molecule has 0 saturated heterocycles. The summed E-state index contributed by atoms with van der Waals surface area (Å²) in [5.41, 5.74) is 0.592. The lowest BCUT2D eigenvalue weighted by atomic mass is 9.97. The molecule has 12 heteroatoms. The third kappa shape index (κ3) is 7.70. The largest absolute Gasteiger partial charge is 0.460 e. The smallest absolute Gasteiger partial charge is 0.306 e. The molecule has 4 rings (SSSR count). The summed E-state index contributed by atoms with van der Waals surface area (Å²) in [6, 6.07) is 14.1. The summed E-state index contributed by atoms with van der Waals surface area (Å²) in [5, 5.41) is 12.7. The summed E-state index contributed by atoms with van der Waals surface area (Å²) in [6.07, 6.45) is 1.12. The molecule has 2 atom stereocenters. The van der Waals surface area contributed by atoms with E-state index in [0.717, 1.165) is 3.57 Å². The molecular formula is C32H32Cl2IN3O6. The number of nitro benzene ring substituents is 1. The van der Waals surface area contributed by atoms with Gasteiger partial charge in [0.1, 0.15) is 11.6 Å². The fourth-order valence-electron chi connectivity index (χ4n) is 5.24. The van der Waals surface area contributed by atoms with Gasteiger partial charge in [-0.3, -0.25) is 24.5 Å². The highest BCUT2D eigenvalue weighted by Gasteiger charge is 2.44. The number of unbranched alkanes of at least 4 members (excludes halogenated alkanes) is 1. The molecule has 0 saturated carbocycles. The second-order valence-corrected chi connectivity index (χ2v) is 13.6. The number of ether oxygens (including phenoxy) is 1. The van der Waals surface area contributed by atoms with Gasteiger partial charge in [-0.05, 0) is 111 Å². The molecule has 0 aliphatic carbocycles. The molecule has 1 aliphatic rings. The zero-order chi connectivity index (χ0) is 32.3. The minimum Gasteiger partial charge on any atom is -0.460 e. The van der Waals surface area contributed by atoms with Gasteiger partial charge in [-0.2, -0.15) is 0 Å². The molecule has 232 valence electrons. The van der Waals surface area contributed by atoms with Crippen LogP contribution in [0.3, 0.4) is 0 Å². The van der Waals surface area contributed by atoms with Crippen LogP contribution in [0.4, 0.5) is 11.4 Å². The highest BCUT2D eigenvalue weighted by molar-refractivity contribution is 14.1. The number of anilines is 1. The van der Waals surface area contributed by atoms with Crippen LogP contribution < -0.4 is 4.90 Å². The molecule has 0 aromatic heterocycles. The Labute approximate surface area is 279 Å². The molecule has 0 spiro atoms. The lowest BCUT2D eigenvalue weighted by Crippen LogP contribution is -2.44. The van der Waals surface area contributed by atoms with Crippen LogP contribution in [0, 0.1) is 13.7 Å². The Morgan fingerprint density at radius 1 is 1.02 bits per heavy atom. The van der Waals surface area contributed by atoms with Crippen molar-refractivity contribution in [2.45, 2.75) is 64.6 Å². The van der Waals surface area contributed by atoms with Crippen molar-refractivity contribution < 1.29 is 24.0 Å². The molecule has 9 nitrogen and oxygen atoms in total. The van der Waals surface area contributed by atoms with Crippen LogP contribution in [0.25, 0.3) is 0 Å². The maximum atomic E-state index is 14.6. The van der Waals surface area contributed by atoms with Crippen LogP contribution in [0.5, 0.6) is 0 Å². The second-order valence-electron chi connectivity index (χ2n) is 11.5. The molecule has 3 aromatic rings. The van der Waals surface area contributed by atoms with Crippen LogP contribution in [-0.4, -0.2) is 39.8 Å². The van der Waals surface area contributed by atoms with Crippen LogP contribution in [0.1, 0.15) is 80.5 Å². The Bertz CT molecular complexity index is 1590. The van der Waals surface area contributed by atoms with E-state index >= 15 is 0 Å². The second kappa shape index (κ2) is 13.8. The predicted octanol–water partition coefficient (Wildman–Crippen LogP) is 8.31. The van der Waals surface area contributed by atoms with Gasteiger partial charge in [0.25, 0.3) is 17.5 Å². The van der Waals surface area contributed by atoms with Crippen molar-refractivity contribution in [3.8, 4) is 0 Å². The average Bonchev–Trinajstić information content (AvgIpc) is 3.02. The molecule has 0 fully saturated rings. The summed E-state index contributed by atoms with van der Waals surface area (Å²) in [7, 11) is 0. The number of hydrogen-bond donors (Lipinski definition) is 0. The summed E-state index contributed by atoms with van der Waals surface area (Å²) in [6.45, 7) is 7.31. The van der Waals surface area contributed by atoms with E-state index in [1.54, 1.807) is 69.0 Å². The van der Waals surface area contributed by atoms with E-state index < -0.39 is 28.5 Å². The Morgan fingerprint density at radius 2 is 1.68 bits per heavy atom. The number of fused-ring (bicyclic) bond motifs is 1. The van der Waals surface area contributed by atoms with Crippen molar-refractivity contribution in [1.29, 1.82) is 0 Å². The zero-order valence-electron chi connectivity index (χ0n) is 24.7. The molecule has 0 radical (unpaired) electrons. The van der Waals surface area contributed by atoms with Gasteiger partial charge in [0, 0.05) is 32.6 Å². The number of hydrogen-bond acceptors (Lipinski definition) is 6. The van der Waals surface area contributed by atoms with Gasteiger partial charge in [0.2, 0.25) is 0 Å². The van der Waals surface area contributed by atoms with Gasteiger partial charge >= 0.3 is 5.97 Å². The number of esters is 1. The highest BCUT2D eigenvalue weighted by Crippen LogP contribution is 2.42. The fourth-order valence-corrected chi connectivity index (χ4v) is 6.03. The lowest BCUT2D eigenvalue weighted by molar-refractivity contribution is -0.385. The monoisotopic (exact) mass is 751 g/mol. The molecule has 2 unspecified atom stereocenters. The van der Waals surface area contributed by atoms with E-state index in [4.69, 9.17) is 27.9 Å². The van der Waals surface area contributed by atoms with Crippen molar-refractivity contribution in [2.24, 2.45) is 0 Å². The quantitative estimate of drug-likeness (QED) is 0.0716. The number of nitrogens with zero attached hydrogens (tertiary/aromatic N) is 3.